The highest BCUT2D eigenvalue weighted by Gasteiger charge is 2.17. The smallest absolute Gasteiger partial charge is 0.335 e. The number of hydrogen-bond donors (Lipinski definition) is 2. The predicted octanol–water partition coefficient (Wildman–Crippen LogP) is 1.46. The Hall–Kier alpha value is -1.40. The Balaban J connectivity index is 3.07. The number of aromatic carboxylic acids is 1. The molecule has 1 aromatic carbocycles. The van der Waals surface area contributed by atoms with E-state index in [0.29, 0.717) is 6.42 Å². The monoisotopic (exact) mass is 257 g/mol. The normalized spacial score (nSPS) is 13.3. The van der Waals surface area contributed by atoms with Gasteiger partial charge in [-0.15, -0.1) is 0 Å². The molecule has 0 aliphatic rings. The lowest BCUT2D eigenvalue weighted by molar-refractivity contribution is 0.0696. The molecule has 0 heterocycles. The fraction of sp³-hybridized carbons (Fsp3) is 0.364. The van der Waals surface area contributed by atoms with E-state index in [4.69, 9.17) is 5.11 Å². The highest BCUT2D eigenvalue weighted by molar-refractivity contribution is 7.89. The lowest BCUT2D eigenvalue weighted by Gasteiger charge is -2.12. The molecule has 6 heteroatoms. The molecule has 5 nitrogen and oxygen atoms in total. The number of carboxylic acid groups (broad SMARTS) is 1. The van der Waals surface area contributed by atoms with Gasteiger partial charge in [0.25, 0.3) is 0 Å². The maximum atomic E-state index is 11.9. The Morgan fingerprint density at radius 2 is 2.12 bits per heavy atom. The van der Waals surface area contributed by atoms with Crippen molar-refractivity contribution in [1.82, 2.24) is 4.72 Å². The van der Waals surface area contributed by atoms with Gasteiger partial charge in [-0.25, -0.2) is 17.9 Å². The van der Waals surface area contributed by atoms with E-state index < -0.39 is 16.0 Å². The van der Waals surface area contributed by atoms with Gasteiger partial charge in [0.05, 0.1) is 10.5 Å². The van der Waals surface area contributed by atoms with Gasteiger partial charge >= 0.3 is 5.97 Å². The summed E-state index contributed by atoms with van der Waals surface area (Å²) in [7, 11) is -3.64. The highest BCUT2D eigenvalue weighted by atomic mass is 32.2. The van der Waals surface area contributed by atoms with Crippen LogP contribution in [0.15, 0.2) is 29.2 Å². The zero-order valence-electron chi connectivity index (χ0n) is 9.67. The van der Waals surface area contributed by atoms with Gasteiger partial charge in [0.15, 0.2) is 0 Å². The summed E-state index contributed by atoms with van der Waals surface area (Å²) in [6.07, 6.45) is 0.665. The third-order valence-corrected chi connectivity index (χ3v) is 3.95. The number of hydrogen-bond acceptors (Lipinski definition) is 3. The first-order valence-corrected chi connectivity index (χ1v) is 6.71. The lowest BCUT2D eigenvalue weighted by atomic mass is 10.2. The average Bonchev–Trinajstić information content (AvgIpc) is 2.28. The van der Waals surface area contributed by atoms with Crippen LogP contribution >= 0.6 is 0 Å². The first-order valence-electron chi connectivity index (χ1n) is 5.22. The molecule has 0 radical (unpaired) electrons. The third-order valence-electron chi connectivity index (χ3n) is 2.36. The van der Waals surface area contributed by atoms with Gasteiger partial charge in [-0.05, 0) is 31.5 Å². The van der Waals surface area contributed by atoms with Crippen molar-refractivity contribution in [3.63, 3.8) is 0 Å². The number of sulfonamides is 1. The maximum absolute atomic E-state index is 11.9. The second-order valence-corrected chi connectivity index (χ2v) is 5.48. The molecule has 0 spiro atoms. The van der Waals surface area contributed by atoms with E-state index in [1.165, 1.54) is 18.2 Å². The molecule has 0 saturated heterocycles. The first-order chi connectivity index (χ1) is 7.86. The molecule has 0 bridgehead atoms. The largest absolute Gasteiger partial charge is 0.478 e. The van der Waals surface area contributed by atoms with Gasteiger partial charge in [-0.3, -0.25) is 0 Å². The Morgan fingerprint density at radius 1 is 1.47 bits per heavy atom. The van der Waals surface area contributed by atoms with Crippen LogP contribution in [0, 0.1) is 0 Å². The van der Waals surface area contributed by atoms with Crippen LogP contribution in [-0.2, 0) is 10.0 Å². The Kier molecular flexibility index (Phi) is 4.25. The highest BCUT2D eigenvalue weighted by Crippen LogP contribution is 2.12. The molecule has 1 atom stereocenters. The van der Waals surface area contributed by atoms with E-state index in [1.54, 1.807) is 6.92 Å². The standard InChI is InChI=1S/C11H15NO4S/c1-3-8(2)12-17(15,16)10-6-4-5-9(7-10)11(13)14/h4-8,12H,3H2,1-2H3,(H,13,14)/t8-/m0/s1. The van der Waals surface area contributed by atoms with Gasteiger partial charge in [0, 0.05) is 6.04 Å². The van der Waals surface area contributed by atoms with Crippen LogP contribution in [0.2, 0.25) is 0 Å². The Morgan fingerprint density at radius 3 is 2.65 bits per heavy atom. The molecule has 1 aromatic rings. The fourth-order valence-corrected chi connectivity index (χ4v) is 2.58. The van der Waals surface area contributed by atoms with Crippen LogP contribution in [0.25, 0.3) is 0 Å². The SMILES string of the molecule is CC[C@H](C)NS(=O)(=O)c1cccc(C(=O)O)c1. The molecule has 0 aliphatic heterocycles. The van der Waals surface area contributed by atoms with E-state index in [-0.39, 0.29) is 16.5 Å². The zero-order valence-corrected chi connectivity index (χ0v) is 10.5. The van der Waals surface area contributed by atoms with Crippen LogP contribution in [0.1, 0.15) is 30.6 Å². The molecule has 1 rings (SSSR count). The minimum absolute atomic E-state index is 0.0299. The van der Waals surface area contributed by atoms with Crippen molar-refractivity contribution in [2.45, 2.75) is 31.2 Å². The van der Waals surface area contributed by atoms with E-state index in [2.05, 4.69) is 4.72 Å². The van der Waals surface area contributed by atoms with Crippen LogP contribution in [0.4, 0.5) is 0 Å². The predicted molar refractivity (Wildman–Crippen MR) is 63.5 cm³/mol. The molecule has 0 aliphatic carbocycles. The molecule has 0 saturated carbocycles. The van der Waals surface area contributed by atoms with Gasteiger partial charge in [0.1, 0.15) is 0 Å². The van der Waals surface area contributed by atoms with E-state index in [9.17, 15) is 13.2 Å². The number of benzene rings is 1. The fourth-order valence-electron chi connectivity index (χ4n) is 1.21. The molecule has 0 aromatic heterocycles. The Labute approximate surface area is 101 Å². The molecule has 0 amide bonds. The molecule has 94 valence electrons. The van der Waals surface area contributed by atoms with Gasteiger partial charge < -0.3 is 5.11 Å². The maximum Gasteiger partial charge on any atom is 0.335 e. The minimum Gasteiger partial charge on any atom is -0.478 e. The lowest BCUT2D eigenvalue weighted by Crippen LogP contribution is -2.32. The van der Waals surface area contributed by atoms with Crippen molar-refractivity contribution >= 4 is 16.0 Å². The molecular formula is C11H15NO4S. The third kappa shape index (κ3) is 3.54. The molecule has 2 N–H and O–H groups in total. The van der Waals surface area contributed by atoms with Gasteiger partial charge in [-0.1, -0.05) is 13.0 Å². The summed E-state index contributed by atoms with van der Waals surface area (Å²) in [6.45, 7) is 3.61. The summed E-state index contributed by atoms with van der Waals surface area (Å²) in [5.41, 5.74) is -0.0444. The minimum atomic E-state index is -3.64. The topological polar surface area (TPSA) is 83.5 Å². The summed E-state index contributed by atoms with van der Waals surface area (Å²) in [5.74, 6) is -1.15. The van der Waals surface area contributed by atoms with Crippen LogP contribution in [-0.4, -0.2) is 25.5 Å². The number of rotatable bonds is 5. The van der Waals surface area contributed by atoms with Crippen LogP contribution < -0.4 is 4.72 Å². The molecular weight excluding hydrogens is 242 g/mol. The number of nitrogens with one attached hydrogen (secondary N) is 1. The molecule has 0 unspecified atom stereocenters. The summed E-state index contributed by atoms with van der Waals surface area (Å²) in [5, 5.41) is 8.79. The van der Waals surface area contributed by atoms with Crippen molar-refractivity contribution in [3.05, 3.63) is 29.8 Å². The van der Waals surface area contributed by atoms with Crippen molar-refractivity contribution < 1.29 is 18.3 Å². The van der Waals surface area contributed by atoms with E-state index in [0.717, 1.165) is 6.07 Å². The van der Waals surface area contributed by atoms with Gasteiger partial charge in [-0.2, -0.15) is 0 Å². The van der Waals surface area contributed by atoms with Crippen molar-refractivity contribution in [2.75, 3.05) is 0 Å². The van der Waals surface area contributed by atoms with E-state index in [1.807, 2.05) is 6.92 Å². The first kappa shape index (κ1) is 13.7. The quantitative estimate of drug-likeness (QED) is 0.836. The van der Waals surface area contributed by atoms with E-state index >= 15 is 0 Å². The Bertz CT molecular complexity index is 510. The molecule has 0 fully saturated rings. The van der Waals surface area contributed by atoms with Crippen molar-refractivity contribution in [3.8, 4) is 0 Å². The summed E-state index contributed by atoms with van der Waals surface area (Å²) < 4.78 is 26.2. The number of carbonyl (C=O) groups is 1. The van der Waals surface area contributed by atoms with Crippen LogP contribution in [0.5, 0.6) is 0 Å². The summed E-state index contributed by atoms with van der Waals surface area (Å²) in [4.78, 5) is 10.7. The van der Waals surface area contributed by atoms with Gasteiger partial charge in [0.2, 0.25) is 10.0 Å². The second kappa shape index (κ2) is 5.29. The number of carboxylic acids is 1. The second-order valence-electron chi connectivity index (χ2n) is 3.76. The average molecular weight is 257 g/mol. The molecule has 17 heavy (non-hydrogen) atoms. The summed E-state index contributed by atoms with van der Waals surface area (Å²) >= 11 is 0. The van der Waals surface area contributed by atoms with Crippen molar-refractivity contribution in [2.24, 2.45) is 0 Å². The zero-order chi connectivity index (χ0) is 13.1. The summed E-state index contributed by atoms with van der Waals surface area (Å²) in [6, 6.07) is 5.09. The van der Waals surface area contributed by atoms with Crippen LogP contribution in [0.3, 0.4) is 0 Å². The van der Waals surface area contributed by atoms with Crippen molar-refractivity contribution in [1.29, 1.82) is 0 Å².